The lowest BCUT2D eigenvalue weighted by molar-refractivity contribution is -0.146. The van der Waals surface area contributed by atoms with Crippen molar-refractivity contribution < 1.29 is 9.53 Å². The van der Waals surface area contributed by atoms with Crippen LogP contribution in [0.15, 0.2) is 22.7 Å². The monoisotopic (exact) mass is 283 g/mol. The van der Waals surface area contributed by atoms with Crippen molar-refractivity contribution in [2.45, 2.75) is 6.92 Å². The molecule has 1 fully saturated rings. The Kier molecular flexibility index (Phi) is 3.19. The third kappa shape index (κ3) is 2.21. The molecule has 0 saturated carbocycles. The molecule has 86 valence electrons. The number of nitrogens with zero attached hydrogens (tertiary/aromatic N) is 1. The van der Waals surface area contributed by atoms with E-state index in [1.807, 2.05) is 0 Å². The largest absolute Gasteiger partial charge is 0.469 e. The number of carbonyl (C=O) groups excluding carboxylic acids is 1. The predicted molar refractivity (Wildman–Crippen MR) is 66.6 cm³/mol. The zero-order valence-corrected chi connectivity index (χ0v) is 11.0. The molecule has 0 N–H and O–H groups in total. The first-order valence-corrected chi connectivity index (χ1v) is 5.99. The van der Waals surface area contributed by atoms with Gasteiger partial charge in [0.1, 0.15) is 0 Å². The molecule has 0 aromatic heterocycles. The summed E-state index contributed by atoms with van der Waals surface area (Å²) >= 11 is 3.47. The number of ether oxygens (including phenoxy) is 1. The molecule has 0 radical (unpaired) electrons. The van der Waals surface area contributed by atoms with E-state index in [1.165, 1.54) is 12.7 Å². The molecule has 3 nitrogen and oxygen atoms in total. The standard InChI is InChI=1S/C12H14BrNO2/c1-8-3-10(13)5-11(4-8)14-6-9(7-14)12(15)16-2/h3-5,9H,6-7H2,1-2H3. The number of anilines is 1. The molecule has 0 unspecified atom stereocenters. The minimum atomic E-state index is -0.108. The highest BCUT2D eigenvalue weighted by atomic mass is 79.9. The lowest BCUT2D eigenvalue weighted by Crippen LogP contribution is -2.50. The summed E-state index contributed by atoms with van der Waals surface area (Å²) in [5.41, 5.74) is 2.37. The molecule has 1 saturated heterocycles. The number of rotatable bonds is 2. The van der Waals surface area contributed by atoms with Crippen molar-refractivity contribution in [3.63, 3.8) is 0 Å². The van der Waals surface area contributed by atoms with Gasteiger partial charge in [-0.1, -0.05) is 15.9 Å². The molecule has 0 atom stereocenters. The summed E-state index contributed by atoms with van der Waals surface area (Å²) in [5.74, 6) is -0.0766. The summed E-state index contributed by atoms with van der Waals surface area (Å²) in [4.78, 5) is 13.4. The molecule has 1 aromatic rings. The van der Waals surface area contributed by atoms with E-state index in [0.717, 1.165) is 23.2 Å². The van der Waals surface area contributed by atoms with Crippen LogP contribution in [0.5, 0.6) is 0 Å². The molecule has 2 rings (SSSR count). The molecule has 0 amide bonds. The predicted octanol–water partition coefficient (Wildman–Crippen LogP) is 2.37. The average Bonchev–Trinajstić information content (AvgIpc) is 2.13. The second-order valence-electron chi connectivity index (χ2n) is 4.11. The summed E-state index contributed by atoms with van der Waals surface area (Å²) in [5, 5.41) is 0. The molecule has 0 spiro atoms. The molecule has 1 heterocycles. The van der Waals surface area contributed by atoms with Crippen molar-refractivity contribution in [2.24, 2.45) is 5.92 Å². The van der Waals surface area contributed by atoms with Crippen LogP contribution < -0.4 is 4.90 Å². The van der Waals surface area contributed by atoms with Crippen molar-refractivity contribution in [2.75, 3.05) is 25.1 Å². The van der Waals surface area contributed by atoms with Crippen molar-refractivity contribution in [1.29, 1.82) is 0 Å². The second-order valence-corrected chi connectivity index (χ2v) is 5.03. The lowest BCUT2D eigenvalue weighted by Gasteiger charge is -2.39. The van der Waals surface area contributed by atoms with Crippen LogP contribution in [-0.2, 0) is 9.53 Å². The molecule has 4 heteroatoms. The summed E-state index contributed by atoms with van der Waals surface area (Å²) in [6.07, 6.45) is 0. The van der Waals surface area contributed by atoms with Crippen molar-refractivity contribution >= 4 is 27.6 Å². The molecule has 0 bridgehead atoms. The number of halogens is 1. The third-order valence-electron chi connectivity index (χ3n) is 2.81. The first kappa shape index (κ1) is 11.5. The number of aryl methyl sites for hydroxylation is 1. The van der Waals surface area contributed by atoms with Gasteiger partial charge in [-0.15, -0.1) is 0 Å². The quantitative estimate of drug-likeness (QED) is 0.781. The van der Waals surface area contributed by atoms with Crippen molar-refractivity contribution in [1.82, 2.24) is 0 Å². The van der Waals surface area contributed by atoms with Gasteiger partial charge in [0, 0.05) is 23.2 Å². The topological polar surface area (TPSA) is 29.5 Å². The lowest BCUT2D eigenvalue weighted by atomic mass is 9.99. The fourth-order valence-electron chi connectivity index (χ4n) is 1.90. The molecular weight excluding hydrogens is 270 g/mol. The van der Waals surface area contributed by atoms with E-state index < -0.39 is 0 Å². The highest BCUT2D eigenvalue weighted by Gasteiger charge is 2.33. The Labute approximate surface area is 104 Å². The van der Waals surface area contributed by atoms with Crippen LogP contribution in [0.3, 0.4) is 0 Å². The maximum atomic E-state index is 11.2. The fraction of sp³-hybridized carbons (Fsp3) is 0.417. The van der Waals surface area contributed by atoms with Gasteiger partial charge in [0.2, 0.25) is 0 Å². The van der Waals surface area contributed by atoms with E-state index in [1.54, 1.807) is 0 Å². The SMILES string of the molecule is COC(=O)C1CN(c2cc(C)cc(Br)c2)C1. The van der Waals surface area contributed by atoms with Crippen LogP contribution in [0.2, 0.25) is 0 Å². The maximum Gasteiger partial charge on any atom is 0.312 e. The van der Waals surface area contributed by atoms with Gasteiger partial charge in [-0.3, -0.25) is 4.79 Å². The number of methoxy groups -OCH3 is 1. The molecule has 0 aliphatic carbocycles. The van der Waals surface area contributed by atoms with Gasteiger partial charge >= 0.3 is 5.97 Å². The van der Waals surface area contributed by atoms with Crippen molar-refractivity contribution in [3.8, 4) is 0 Å². The van der Waals surface area contributed by atoms with Gasteiger partial charge in [-0.05, 0) is 30.7 Å². The second kappa shape index (κ2) is 4.45. The molecule has 1 aliphatic heterocycles. The van der Waals surface area contributed by atoms with Crippen LogP contribution in [0, 0.1) is 12.8 Å². The maximum absolute atomic E-state index is 11.2. The van der Waals surface area contributed by atoms with E-state index in [0.29, 0.717) is 0 Å². The first-order chi connectivity index (χ1) is 7.60. The van der Waals surface area contributed by atoms with E-state index in [-0.39, 0.29) is 11.9 Å². The Balaban J connectivity index is 2.04. The Bertz CT molecular complexity index is 393. The van der Waals surface area contributed by atoms with Gasteiger partial charge < -0.3 is 9.64 Å². The molecule has 16 heavy (non-hydrogen) atoms. The van der Waals surface area contributed by atoms with Gasteiger partial charge in [-0.25, -0.2) is 0 Å². The summed E-state index contributed by atoms with van der Waals surface area (Å²) in [7, 11) is 1.44. The zero-order chi connectivity index (χ0) is 11.7. The number of esters is 1. The Hall–Kier alpha value is -1.03. The summed E-state index contributed by atoms with van der Waals surface area (Å²) in [6.45, 7) is 3.57. The van der Waals surface area contributed by atoms with Crippen LogP contribution in [-0.4, -0.2) is 26.2 Å². The molecule has 1 aliphatic rings. The van der Waals surface area contributed by atoms with Crippen LogP contribution in [0.4, 0.5) is 5.69 Å². The number of hydrogen-bond acceptors (Lipinski definition) is 3. The van der Waals surface area contributed by atoms with Gasteiger partial charge in [-0.2, -0.15) is 0 Å². The first-order valence-electron chi connectivity index (χ1n) is 5.20. The van der Waals surface area contributed by atoms with E-state index in [2.05, 4.69) is 46.0 Å². The summed E-state index contributed by atoms with van der Waals surface area (Å²) < 4.78 is 5.78. The van der Waals surface area contributed by atoms with Gasteiger partial charge in [0.05, 0.1) is 13.0 Å². The smallest absolute Gasteiger partial charge is 0.312 e. The Morgan fingerprint density at radius 2 is 2.12 bits per heavy atom. The fourth-order valence-corrected chi connectivity index (χ4v) is 2.50. The minimum Gasteiger partial charge on any atom is -0.469 e. The van der Waals surface area contributed by atoms with Crippen LogP contribution in [0.1, 0.15) is 5.56 Å². The van der Waals surface area contributed by atoms with E-state index in [4.69, 9.17) is 4.74 Å². The van der Waals surface area contributed by atoms with E-state index in [9.17, 15) is 4.79 Å². The number of benzene rings is 1. The van der Waals surface area contributed by atoms with E-state index >= 15 is 0 Å². The van der Waals surface area contributed by atoms with Crippen LogP contribution in [0.25, 0.3) is 0 Å². The highest BCUT2D eigenvalue weighted by Crippen LogP contribution is 2.28. The summed E-state index contributed by atoms with van der Waals surface area (Å²) in [6, 6.07) is 6.26. The Morgan fingerprint density at radius 1 is 1.44 bits per heavy atom. The third-order valence-corrected chi connectivity index (χ3v) is 3.27. The van der Waals surface area contributed by atoms with Gasteiger partial charge in [0.15, 0.2) is 0 Å². The normalized spacial score (nSPS) is 15.8. The highest BCUT2D eigenvalue weighted by molar-refractivity contribution is 9.10. The van der Waals surface area contributed by atoms with Crippen LogP contribution >= 0.6 is 15.9 Å². The molecule has 1 aromatic carbocycles. The number of carbonyl (C=O) groups is 1. The van der Waals surface area contributed by atoms with Gasteiger partial charge in [0.25, 0.3) is 0 Å². The molecular formula is C12H14BrNO2. The minimum absolute atomic E-state index is 0.0317. The Morgan fingerprint density at radius 3 is 2.69 bits per heavy atom. The van der Waals surface area contributed by atoms with Crippen molar-refractivity contribution in [3.05, 3.63) is 28.2 Å². The average molecular weight is 284 g/mol. The zero-order valence-electron chi connectivity index (χ0n) is 9.37. The number of hydrogen-bond donors (Lipinski definition) is 0.